The monoisotopic (exact) mass is 242 g/mol. The molecule has 1 aliphatic carbocycles. The minimum absolute atomic E-state index is 0.329. The van der Waals surface area contributed by atoms with Gasteiger partial charge in [-0.15, -0.1) is 0 Å². The summed E-state index contributed by atoms with van der Waals surface area (Å²) in [6.07, 6.45) is 4.74. The third-order valence-corrected chi connectivity index (χ3v) is 3.98. The Bertz CT molecular complexity index is 625. The van der Waals surface area contributed by atoms with E-state index in [9.17, 15) is 4.79 Å². The minimum Gasteiger partial charge on any atom is -0.366 e. The molecule has 3 rings (SSSR count). The number of nitrogens with two attached hydrogens (primary N) is 1. The molecule has 18 heavy (non-hydrogen) atoms. The van der Waals surface area contributed by atoms with Crippen LogP contribution in [0.1, 0.15) is 41.4 Å². The summed E-state index contributed by atoms with van der Waals surface area (Å²) in [5.41, 5.74) is 10.0. The van der Waals surface area contributed by atoms with Crippen LogP contribution in [0.5, 0.6) is 0 Å². The second kappa shape index (κ2) is 4.16. The van der Waals surface area contributed by atoms with Crippen LogP contribution in [0.25, 0.3) is 10.9 Å². The number of hydrogen-bond acceptors (Lipinski definition) is 1. The molecule has 1 aromatic heterocycles. The first-order chi connectivity index (χ1) is 8.74. The quantitative estimate of drug-likeness (QED) is 0.864. The summed E-state index contributed by atoms with van der Waals surface area (Å²) in [4.78, 5) is 11.6. The van der Waals surface area contributed by atoms with Crippen LogP contribution in [0, 0.1) is 0 Å². The number of hydrogen-bond donors (Lipinski definition) is 1. The van der Waals surface area contributed by atoms with Crippen LogP contribution in [0.3, 0.4) is 0 Å². The number of para-hydroxylation sites is 1. The minimum atomic E-state index is -0.329. The first-order valence-corrected chi connectivity index (χ1v) is 6.66. The van der Waals surface area contributed by atoms with Gasteiger partial charge in [0.05, 0.1) is 11.1 Å². The molecule has 0 saturated heterocycles. The van der Waals surface area contributed by atoms with E-state index in [1.807, 2.05) is 12.1 Å². The topological polar surface area (TPSA) is 48.0 Å². The maximum Gasteiger partial charge on any atom is 0.250 e. The summed E-state index contributed by atoms with van der Waals surface area (Å²) in [7, 11) is 0. The normalized spacial score (nSPS) is 14.7. The highest BCUT2D eigenvalue weighted by Crippen LogP contribution is 2.33. The lowest BCUT2D eigenvalue weighted by atomic mass is 9.95. The number of benzene rings is 1. The fourth-order valence-corrected chi connectivity index (χ4v) is 3.24. The van der Waals surface area contributed by atoms with Gasteiger partial charge in [0.15, 0.2) is 0 Å². The number of carbonyl (C=O) groups is 1. The number of aromatic nitrogens is 1. The molecule has 0 saturated carbocycles. The number of nitrogens with zero attached hydrogens (tertiary/aromatic N) is 1. The van der Waals surface area contributed by atoms with Gasteiger partial charge in [0, 0.05) is 17.6 Å². The highest BCUT2D eigenvalue weighted by atomic mass is 16.1. The maximum atomic E-state index is 11.6. The van der Waals surface area contributed by atoms with Gasteiger partial charge in [-0.1, -0.05) is 12.1 Å². The largest absolute Gasteiger partial charge is 0.366 e. The lowest BCUT2D eigenvalue weighted by Gasteiger charge is -2.14. The van der Waals surface area contributed by atoms with E-state index in [1.54, 1.807) is 0 Å². The van der Waals surface area contributed by atoms with Crippen molar-refractivity contribution in [3.8, 4) is 0 Å². The number of amides is 1. The van der Waals surface area contributed by atoms with Crippen molar-refractivity contribution < 1.29 is 4.79 Å². The fraction of sp³-hybridized carbons (Fsp3) is 0.400. The lowest BCUT2D eigenvalue weighted by Crippen LogP contribution is -2.13. The number of aryl methyl sites for hydroxylation is 2. The predicted molar refractivity (Wildman–Crippen MR) is 72.8 cm³/mol. The Morgan fingerprint density at radius 3 is 2.83 bits per heavy atom. The van der Waals surface area contributed by atoms with Crippen molar-refractivity contribution >= 4 is 16.8 Å². The van der Waals surface area contributed by atoms with Gasteiger partial charge in [-0.05, 0) is 44.2 Å². The van der Waals surface area contributed by atoms with Gasteiger partial charge in [-0.2, -0.15) is 0 Å². The van der Waals surface area contributed by atoms with Crippen LogP contribution in [-0.2, 0) is 19.4 Å². The van der Waals surface area contributed by atoms with Gasteiger partial charge < -0.3 is 10.3 Å². The molecule has 94 valence electrons. The molecule has 3 nitrogen and oxygen atoms in total. The molecule has 2 aromatic rings. The molecule has 0 aliphatic heterocycles. The van der Waals surface area contributed by atoms with Crippen LogP contribution in [-0.4, -0.2) is 10.5 Å². The molecule has 0 unspecified atom stereocenters. The van der Waals surface area contributed by atoms with Crippen LogP contribution < -0.4 is 5.73 Å². The molecular weight excluding hydrogens is 224 g/mol. The third-order valence-electron chi connectivity index (χ3n) is 3.98. The average molecular weight is 242 g/mol. The Labute approximate surface area is 107 Å². The van der Waals surface area contributed by atoms with E-state index in [-0.39, 0.29) is 5.91 Å². The average Bonchev–Trinajstić information content (AvgIpc) is 2.72. The molecule has 1 aliphatic rings. The zero-order valence-electron chi connectivity index (χ0n) is 10.7. The first kappa shape index (κ1) is 11.3. The second-order valence-corrected chi connectivity index (χ2v) is 4.94. The van der Waals surface area contributed by atoms with Crippen LogP contribution in [0.4, 0.5) is 0 Å². The molecular formula is C15H18N2O. The summed E-state index contributed by atoms with van der Waals surface area (Å²) in [5.74, 6) is -0.329. The van der Waals surface area contributed by atoms with Gasteiger partial charge in [0.2, 0.25) is 0 Å². The van der Waals surface area contributed by atoms with Crippen molar-refractivity contribution in [2.75, 3.05) is 0 Å². The van der Waals surface area contributed by atoms with Crippen molar-refractivity contribution in [2.24, 2.45) is 5.73 Å². The predicted octanol–water partition coefficient (Wildman–Crippen LogP) is 2.64. The van der Waals surface area contributed by atoms with E-state index in [0.717, 1.165) is 24.9 Å². The molecule has 0 spiro atoms. The Morgan fingerprint density at radius 1 is 1.33 bits per heavy atom. The van der Waals surface area contributed by atoms with Gasteiger partial charge >= 0.3 is 0 Å². The Hall–Kier alpha value is -1.77. The summed E-state index contributed by atoms with van der Waals surface area (Å²) in [5, 5.41) is 1.22. The standard InChI is InChI=1S/C15H18N2O/c1-2-17-13-9-4-3-6-10(13)11-7-5-8-12(14(11)17)15(16)18/h5,7-8H,2-4,6,9H2,1H3,(H2,16,18). The zero-order chi connectivity index (χ0) is 12.7. The van der Waals surface area contributed by atoms with E-state index in [2.05, 4.69) is 17.6 Å². The van der Waals surface area contributed by atoms with Gasteiger partial charge in [0.25, 0.3) is 5.91 Å². The van der Waals surface area contributed by atoms with Crippen molar-refractivity contribution in [1.29, 1.82) is 0 Å². The van der Waals surface area contributed by atoms with Crippen molar-refractivity contribution in [1.82, 2.24) is 4.57 Å². The number of fused-ring (bicyclic) bond motifs is 3. The van der Waals surface area contributed by atoms with Gasteiger partial charge in [0.1, 0.15) is 0 Å². The number of primary amides is 1. The molecule has 3 heteroatoms. The smallest absolute Gasteiger partial charge is 0.250 e. The molecule has 0 atom stereocenters. The summed E-state index contributed by atoms with van der Waals surface area (Å²) in [6, 6.07) is 5.90. The highest BCUT2D eigenvalue weighted by Gasteiger charge is 2.21. The molecule has 1 amide bonds. The second-order valence-electron chi connectivity index (χ2n) is 4.94. The molecule has 2 N–H and O–H groups in total. The summed E-state index contributed by atoms with van der Waals surface area (Å²) < 4.78 is 2.28. The van der Waals surface area contributed by atoms with Crippen LogP contribution in [0.2, 0.25) is 0 Å². The van der Waals surface area contributed by atoms with Crippen LogP contribution in [0.15, 0.2) is 18.2 Å². The maximum absolute atomic E-state index is 11.6. The fourth-order valence-electron chi connectivity index (χ4n) is 3.24. The zero-order valence-corrected chi connectivity index (χ0v) is 10.7. The third kappa shape index (κ3) is 1.47. The molecule has 1 heterocycles. The molecule has 0 radical (unpaired) electrons. The Kier molecular flexibility index (Phi) is 2.62. The lowest BCUT2D eigenvalue weighted by molar-refractivity contribution is 0.100. The van der Waals surface area contributed by atoms with E-state index in [4.69, 9.17) is 5.73 Å². The van der Waals surface area contributed by atoms with Crippen molar-refractivity contribution in [2.45, 2.75) is 39.2 Å². The van der Waals surface area contributed by atoms with Gasteiger partial charge in [-0.25, -0.2) is 0 Å². The Morgan fingerprint density at radius 2 is 2.11 bits per heavy atom. The van der Waals surface area contributed by atoms with Crippen molar-refractivity contribution in [3.63, 3.8) is 0 Å². The number of carbonyl (C=O) groups excluding carboxylic acids is 1. The highest BCUT2D eigenvalue weighted by molar-refractivity contribution is 6.06. The van der Waals surface area contributed by atoms with E-state index < -0.39 is 0 Å². The number of rotatable bonds is 2. The van der Waals surface area contributed by atoms with E-state index in [0.29, 0.717) is 5.56 Å². The van der Waals surface area contributed by atoms with Crippen LogP contribution >= 0.6 is 0 Å². The molecule has 0 bridgehead atoms. The van der Waals surface area contributed by atoms with E-state index >= 15 is 0 Å². The Balaban J connectivity index is 2.42. The molecule has 0 fully saturated rings. The van der Waals surface area contributed by atoms with Gasteiger partial charge in [-0.3, -0.25) is 4.79 Å². The summed E-state index contributed by atoms with van der Waals surface area (Å²) >= 11 is 0. The van der Waals surface area contributed by atoms with Crippen molar-refractivity contribution in [3.05, 3.63) is 35.0 Å². The first-order valence-electron chi connectivity index (χ1n) is 6.66. The van der Waals surface area contributed by atoms with E-state index in [1.165, 1.54) is 29.5 Å². The SMILES string of the molecule is CCn1c2c(c3cccc(C(N)=O)c31)CCCC2. The molecule has 1 aromatic carbocycles. The summed E-state index contributed by atoms with van der Waals surface area (Å²) in [6.45, 7) is 3.03.